The summed E-state index contributed by atoms with van der Waals surface area (Å²) in [6, 6.07) is -0.555. The van der Waals surface area contributed by atoms with Crippen LogP contribution >= 0.6 is 12.6 Å². The maximum absolute atomic E-state index is 10.5. The molecule has 0 fully saturated rings. The summed E-state index contributed by atoms with van der Waals surface area (Å²) in [4.78, 5) is 20.8. The van der Waals surface area contributed by atoms with Gasteiger partial charge in [-0.25, -0.2) is 0 Å². The Bertz CT molecular complexity index is 149. The monoisotopic (exact) mass is 162 g/mol. The van der Waals surface area contributed by atoms with Crippen LogP contribution in [0.3, 0.4) is 0 Å². The van der Waals surface area contributed by atoms with E-state index in [-0.39, 0.29) is 11.5 Å². The summed E-state index contributed by atoms with van der Waals surface area (Å²) >= 11 is 3.54. The summed E-state index contributed by atoms with van der Waals surface area (Å²) in [6.45, 7) is 0. The molecule has 0 aliphatic carbocycles. The maximum Gasteiger partial charge on any atom is 0.219 e. The van der Waals surface area contributed by atoms with Crippen molar-refractivity contribution in [3.63, 3.8) is 0 Å². The van der Waals surface area contributed by atoms with E-state index in [1.807, 2.05) is 0 Å². The molecule has 0 heterocycles. The van der Waals surface area contributed by atoms with Gasteiger partial charge in [0.15, 0.2) is 0 Å². The molecule has 0 spiro atoms. The van der Waals surface area contributed by atoms with Crippen LogP contribution in [0.15, 0.2) is 0 Å². The lowest BCUT2D eigenvalue weighted by Gasteiger charge is -2.07. The molecule has 58 valence electrons. The standard InChI is InChI=1S/C5H10N2O2S/c1-7-3(5(9)10)2-4(6)8/h3,7H,2H2,1H3,(H2,6,8)(H,9,10)/t3-/m0/s1. The Balaban J connectivity index is 3.83. The summed E-state index contributed by atoms with van der Waals surface area (Å²) in [5, 5.41) is 2.23. The maximum atomic E-state index is 10.5. The lowest BCUT2D eigenvalue weighted by atomic mass is 10.2. The van der Waals surface area contributed by atoms with Crippen LogP contribution < -0.4 is 11.1 Å². The second-order valence-corrected chi connectivity index (χ2v) is 2.29. The fourth-order valence-electron chi connectivity index (χ4n) is 0.514. The number of thiol groups is 1. The van der Waals surface area contributed by atoms with Gasteiger partial charge < -0.3 is 11.1 Å². The molecule has 0 bridgehead atoms. The molecule has 4 nitrogen and oxygen atoms in total. The number of hydrogen-bond donors (Lipinski definition) is 3. The molecule has 0 rings (SSSR count). The van der Waals surface area contributed by atoms with E-state index in [1.54, 1.807) is 7.05 Å². The van der Waals surface area contributed by atoms with Crippen molar-refractivity contribution in [1.29, 1.82) is 0 Å². The highest BCUT2D eigenvalue weighted by molar-refractivity contribution is 7.96. The number of primary amides is 1. The van der Waals surface area contributed by atoms with Gasteiger partial charge in [-0.1, -0.05) is 0 Å². The molecule has 0 aromatic heterocycles. The van der Waals surface area contributed by atoms with E-state index < -0.39 is 11.9 Å². The van der Waals surface area contributed by atoms with Crippen LogP contribution in [-0.4, -0.2) is 24.1 Å². The van der Waals surface area contributed by atoms with Gasteiger partial charge in [-0.15, -0.1) is 12.6 Å². The normalized spacial score (nSPS) is 12.6. The molecule has 0 radical (unpaired) electrons. The van der Waals surface area contributed by atoms with Gasteiger partial charge in [0.1, 0.15) is 0 Å². The van der Waals surface area contributed by atoms with Crippen LogP contribution in [0.4, 0.5) is 0 Å². The van der Waals surface area contributed by atoms with Crippen molar-refractivity contribution in [2.75, 3.05) is 7.05 Å². The van der Waals surface area contributed by atoms with Gasteiger partial charge in [-0.05, 0) is 7.05 Å². The smallest absolute Gasteiger partial charge is 0.219 e. The predicted octanol–water partition coefficient (Wildman–Crippen LogP) is -1.09. The van der Waals surface area contributed by atoms with Gasteiger partial charge in [-0.3, -0.25) is 9.59 Å². The topological polar surface area (TPSA) is 72.2 Å². The molecule has 5 heteroatoms. The lowest BCUT2D eigenvalue weighted by Crippen LogP contribution is -2.35. The molecule has 0 aliphatic heterocycles. The first-order valence-electron chi connectivity index (χ1n) is 2.76. The molecule has 0 aliphatic rings. The highest BCUT2D eigenvalue weighted by atomic mass is 32.1. The van der Waals surface area contributed by atoms with Gasteiger partial charge >= 0.3 is 0 Å². The number of nitrogens with two attached hydrogens (primary N) is 1. The quantitative estimate of drug-likeness (QED) is 0.460. The third-order valence-corrected chi connectivity index (χ3v) is 1.36. The molecule has 0 saturated heterocycles. The molecule has 0 unspecified atom stereocenters. The molecule has 1 atom stereocenters. The van der Waals surface area contributed by atoms with Crippen LogP contribution in [0.1, 0.15) is 6.42 Å². The number of hydrogen-bond acceptors (Lipinski definition) is 3. The SMILES string of the molecule is CN[C@@H](CC(N)=O)C(=O)S. The molecular formula is C5H10N2O2S. The Labute approximate surface area is 64.6 Å². The third kappa shape index (κ3) is 3.47. The molecular weight excluding hydrogens is 152 g/mol. The average molecular weight is 162 g/mol. The summed E-state index contributed by atoms with van der Waals surface area (Å²) in [7, 11) is 1.57. The largest absolute Gasteiger partial charge is 0.370 e. The number of amides is 1. The fraction of sp³-hybridized carbons (Fsp3) is 0.600. The van der Waals surface area contributed by atoms with Crippen molar-refractivity contribution >= 4 is 23.7 Å². The van der Waals surface area contributed by atoms with Crippen molar-refractivity contribution in [1.82, 2.24) is 5.32 Å². The zero-order valence-corrected chi connectivity index (χ0v) is 6.52. The highest BCUT2D eigenvalue weighted by Gasteiger charge is 2.14. The van der Waals surface area contributed by atoms with Gasteiger partial charge in [0, 0.05) is 6.42 Å². The van der Waals surface area contributed by atoms with Crippen LogP contribution in [0, 0.1) is 0 Å². The first-order valence-corrected chi connectivity index (χ1v) is 3.21. The van der Waals surface area contributed by atoms with Gasteiger partial charge in [0.25, 0.3) is 0 Å². The Morgan fingerprint density at radius 3 is 2.30 bits per heavy atom. The second kappa shape index (κ2) is 4.29. The van der Waals surface area contributed by atoms with Gasteiger partial charge in [0.2, 0.25) is 11.0 Å². The zero-order valence-electron chi connectivity index (χ0n) is 5.63. The average Bonchev–Trinajstić information content (AvgIpc) is 1.81. The minimum atomic E-state index is -0.555. The minimum absolute atomic E-state index is 0.00116. The van der Waals surface area contributed by atoms with E-state index in [0.717, 1.165) is 0 Å². The summed E-state index contributed by atoms with van der Waals surface area (Å²) in [5.41, 5.74) is 4.84. The Kier molecular flexibility index (Phi) is 4.06. The first-order chi connectivity index (χ1) is 4.57. The van der Waals surface area contributed by atoms with E-state index in [4.69, 9.17) is 5.73 Å². The van der Waals surface area contributed by atoms with E-state index in [0.29, 0.717) is 0 Å². The lowest BCUT2D eigenvalue weighted by molar-refractivity contribution is -0.121. The van der Waals surface area contributed by atoms with E-state index in [9.17, 15) is 9.59 Å². The second-order valence-electron chi connectivity index (χ2n) is 1.85. The Morgan fingerprint density at radius 1 is 1.70 bits per heavy atom. The highest BCUT2D eigenvalue weighted by Crippen LogP contribution is 1.94. The number of nitrogens with one attached hydrogen (secondary N) is 1. The van der Waals surface area contributed by atoms with E-state index >= 15 is 0 Å². The molecule has 3 N–H and O–H groups in total. The third-order valence-electron chi connectivity index (χ3n) is 1.05. The first kappa shape index (κ1) is 9.45. The van der Waals surface area contributed by atoms with Crippen molar-refractivity contribution < 1.29 is 9.59 Å². The van der Waals surface area contributed by atoms with Crippen LogP contribution in [0.2, 0.25) is 0 Å². The number of carbonyl (C=O) groups excluding carboxylic acids is 2. The summed E-state index contributed by atoms with van der Waals surface area (Å²) in [5.74, 6) is -0.512. The minimum Gasteiger partial charge on any atom is -0.370 e. The number of rotatable bonds is 4. The molecule has 0 aromatic rings. The van der Waals surface area contributed by atoms with Gasteiger partial charge in [-0.2, -0.15) is 0 Å². The van der Waals surface area contributed by atoms with Crippen LogP contribution in [0.5, 0.6) is 0 Å². The molecule has 1 amide bonds. The van der Waals surface area contributed by atoms with Crippen molar-refractivity contribution in [3.05, 3.63) is 0 Å². The van der Waals surface area contributed by atoms with E-state index in [2.05, 4.69) is 17.9 Å². The van der Waals surface area contributed by atoms with E-state index in [1.165, 1.54) is 0 Å². The summed E-state index contributed by atoms with van der Waals surface area (Å²) < 4.78 is 0. The molecule has 0 aromatic carbocycles. The Hall–Kier alpha value is -0.550. The van der Waals surface area contributed by atoms with Crippen molar-refractivity contribution in [2.45, 2.75) is 12.5 Å². The zero-order chi connectivity index (χ0) is 8.15. The fourth-order valence-corrected chi connectivity index (χ4v) is 0.734. The number of likely N-dealkylation sites (N-methyl/N-ethyl adjacent to an activating group) is 1. The Morgan fingerprint density at radius 2 is 2.20 bits per heavy atom. The number of carbonyl (C=O) groups is 2. The molecule has 10 heavy (non-hydrogen) atoms. The predicted molar refractivity (Wildman–Crippen MR) is 40.7 cm³/mol. The van der Waals surface area contributed by atoms with Crippen molar-refractivity contribution in [3.8, 4) is 0 Å². The summed E-state index contributed by atoms with van der Waals surface area (Å²) in [6.07, 6.45) is -0.00116. The van der Waals surface area contributed by atoms with Crippen molar-refractivity contribution in [2.24, 2.45) is 5.73 Å². The van der Waals surface area contributed by atoms with Crippen LogP contribution in [0.25, 0.3) is 0 Å². The van der Waals surface area contributed by atoms with Gasteiger partial charge in [0.05, 0.1) is 6.04 Å². The van der Waals surface area contributed by atoms with Crippen LogP contribution in [-0.2, 0) is 9.59 Å². The molecule has 0 saturated carbocycles.